The molecule has 0 aliphatic carbocycles. The highest BCUT2D eigenvalue weighted by Crippen LogP contribution is 2.34. The van der Waals surface area contributed by atoms with E-state index in [2.05, 4.69) is 5.32 Å². The quantitative estimate of drug-likeness (QED) is 0.435. The topological polar surface area (TPSA) is 95.6 Å². The zero-order valence-corrected chi connectivity index (χ0v) is 10.6. The SMILES string of the molecule is NCCc1ccccc1NCCCP(=O)(O)O. The van der Waals surface area contributed by atoms with E-state index >= 15 is 0 Å². The van der Waals surface area contributed by atoms with E-state index in [1.165, 1.54) is 0 Å². The first kappa shape index (κ1) is 14.2. The van der Waals surface area contributed by atoms with Crippen molar-refractivity contribution in [2.75, 3.05) is 24.6 Å². The van der Waals surface area contributed by atoms with Gasteiger partial charge in [0, 0.05) is 12.2 Å². The maximum atomic E-state index is 10.7. The molecule has 96 valence electrons. The predicted octanol–water partition coefficient (Wildman–Crippen LogP) is 1.17. The summed E-state index contributed by atoms with van der Waals surface area (Å²) in [6, 6.07) is 7.82. The number of anilines is 1. The fourth-order valence-corrected chi connectivity index (χ4v) is 2.14. The number of nitrogens with one attached hydrogen (secondary N) is 1. The Labute approximate surface area is 101 Å². The molecule has 0 aliphatic rings. The Bertz CT molecular complexity index is 392. The van der Waals surface area contributed by atoms with Crippen molar-refractivity contribution in [1.82, 2.24) is 0 Å². The van der Waals surface area contributed by atoms with Gasteiger partial charge in [0.25, 0.3) is 0 Å². The van der Waals surface area contributed by atoms with Gasteiger partial charge in [0.2, 0.25) is 0 Å². The Kier molecular flexibility index (Phi) is 5.65. The molecule has 0 atom stereocenters. The summed E-state index contributed by atoms with van der Waals surface area (Å²) in [6.07, 6.45) is 1.15. The maximum absolute atomic E-state index is 10.7. The van der Waals surface area contributed by atoms with Crippen molar-refractivity contribution in [3.05, 3.63) is 29.8 Å². The number of benzene rings is 1. The lowest BCUT2D eigenvalue weighted by Gasteiger charge is -2.11. The molecular weight excluding hydrogens is 239 g/mol. The van der Waals surface area contributed by atoms with Gasteiger partial charge in [-0.25, -0.2) is 0 Å². The third-order valence-corrected chi connectivity index (χ3v) is 3.27. The molecule has 0 spiro atoms. The summed E-state index contributed by atoms with van der Waals surface area (Å²) in [5.41, 5.74) is 7.63. The number of hydrogen-bond acceptors (Lipinski definition) is 3. The first-order valence-corrected chi connectivity index (χ1v) is 7.39. The van der Waals surface area contributed by atoms with E-state index < -0.39 is 7.60 Å². The Hall–Kier alpha value is -0.870. The lowest BCUT2D eigenvalue weighted by molar-refractivity contribution is 0.372. The largest absolute Gasteiger partial charge is 0.385 e. The summed E-state index contributed by atoms with van der Waals surface area (Å²) >= 11 is 0. The van der Waals surface area contributed by atoms with Crippen LogP contribution in [-0.2, 0) is 11.0 Å². The Morgan fingerprint density at radius 1 is 1.29 bits per heavy atom. The molecule has 0 unspecified atom stereocenters. The van der Waals surface area contributed by atoms with Crippen LogP contribution in [0.1, 0.15) is 12.0 Å². The number of hydrogen-bond donors (Lipinski definition) is 4. The Balaban J connectivity index is 2.43. The molecule has 5 nitrogen and oxygen atoms in total. The van der Waals surface area contributed by atoms with Crippen molar-refractivity contribution in [3.8, 4) is 0 Å². The second kappa shape index (κ2) is 6.77. The second-order valence-electron chi connectivity index (χ2n) is 3.86. The van der Waals surface area contributed by atoms with Gasteiger partial charge in [0.15, 0.2) is 0 Å². The number of rotatable bonds is 7. The molecule has 0 bridgehead atoms. The van der Waals surface area contributed by atoms with E-state index in [-0.39, 0.29) is 6.16 Å². The van der Waals surface area contributed by atoms with Crippen LogP contribution in [-0.4, -0.2) is 29.0 Å². The van der Waals surface area contributed by atoms with Gasteiger partial charge in [-0.05, 0) is 31.0 Å². The summed E-state index contributed by atoms with van der Waals surface area (Å²) in [5, 5.41) is 3.17. The van der Waals surface area contributed by atoms with Crippen LogP contribution >= 0.6 is 7.60 Å². The van der Waals surface area contributed by atoms with Gasteiger partial charge in [0.05, 0.1) is 6.16 Å². The summed E-state index contributed by atoms with van der Waals surface area (Å²) < 4.78 is 10.7. The van der Waals surface area contributed by atoms with Crippen LogP contribution in [0.2, 0.25) is 0 Å². The molecule has 0 radical (unpaired) electrons. The summed E-state index contributed by atoms with van der Waals surface area (Å²) in [4.78, 5) is 17.4. The standard InChI is InChI=1S/C11H19N2O3P/c12-7-6-10-4-1-2-5-11(10)13-8-3-9-17(14,15)16/h1-2,4-5,13H,3,6-9,12H2,(H2,14,15,16). The monoisotopic (exact) mass is 258 g/mol. The normalized spacial score (nSPS) is 11.5. The second-order valence-corrected chi connectivity index (χ2v) is 5.64. The zero-order chi connectivity index (χ0) is 12.7. The zero-order valence-electron chi connectivity index (χ0n) is 9.67. The van der Waals surface area contributed by atoms with Crippen LogP contribution in [0.25, 0.3) is 0 Å². The molecule has 1 aromatic rings. The smallest absolute Gasteiger partial charge is 0.325 e. The third kappa shape index (κ3) is 5.84. The van der Waals surface area contributed by atoms with E-state index in [0.29, 0.717) is 19.5 Å². The molecule has 5 N–H and O–H groups in total. The van der Waals surface area contributed by atoms with Crippen molar-refractivity contribution in [2.24, 2.45) is 5.73 Å². The van der Waals surface area contributed by atoms with Gasteiger partial charge >= 0.3 is 7.60 Å². The Morgan fingerprint density at radius 3 is 2.65 bits per heavy atom. The molecule has 6 heteroatoms. The summed E-state index contributed by atoms with van der Waals surface area (Å²) in [7, 11) is -3.87. The molecule has 0 fully saturated rings. The molecule has 0 heterocycles. The average molecular weight is 258 g/mol. The van der Waals surface area contributed by atoms with E-state index in [1.807, 2.05) is 24.3 Å². The molecule has 1 aromatic carbocycles. The predicted molar refractivity (Wildman–Crippen MR) is 69.2 cm³/mol. The van der Waals surface area contributed by atoms with Gasteiger partial charge in [0.1, 0.15) is 0 Å². The van der Waals surface area contributed by atoms with Crippen LogP contribution < -0.4 is 11.1 Å². The van der Waals surface area contributed by atoms with Crippen molar-refractivity contribution in [3.63, 3.8) is 0 Å². The maximum Gasteiger partial charge on any atom is 0.325 e. The molecule has 0 saturated carbocycles. The molecule has 17 heavy (non-hydrogen) atoms. The van der Waals surface area contributed by atoms with Crippen LogP contribution in [0.3, 0.4) is 0 Å². The fraction of sp³-hybridized carbons (Fsp3) is 0.455. The molecule has 0 aromatic heterocycles. The average Bonchev–Trinajstić information content (AvgIpc) is 2.25. The summed E-state index contributed by atoms with van der Waals surface area (Å²) in [5.74, 6) is 0. The van der Waals surface area contributed by atoms with Crippen LogP contribution in [0.4, 0.5) is 5.69 Å². The minimum absolute atomic E-state index is 0.0843. The van der Waals surface area contributed by atoms with Crippen LogP contribution in [0, 0.1) is 0 Å². The van der Waals surface area contributed by atoms with Gasteiger partial charge in [-0.1, -0.05) is 18.2 Å². The lowest BCUT2D eigenvalue weighted by Crippen LogP contribution is -2.09. The molecular formula is C11H19N2O3P. The third-order valence-electron chi connectivity index (χ3n) is 2.37. The van der Waals surface area contributed by atoms with E-state index in [1.54, 1.807) is 0 Å². The lowest BCUT2D eigenvalue weighted by atomic mass is 10.1. The van der Waals surface area contributed by atoms with Crippen molar-refractivity contribution >= 4 is 13.3 Å². The fourth-order valence-electron chi connectivity index (χ4n) is 1.57. The number of para-hydroxylation sites is 1. The van der Waals surface area contributed by atoms with Crippen molar-refractivity contribution in [1.29, 1.82) is 0 Å². The summed E-state index contributed by atoms with van der Waals surface area (Å²) in [6.45, 7) is 1.13. The Morgan fingerprint density at radius 2 is 2.00 bits per heavy atom. The van der Waals surface area contributed by atoms with Gasteiger partial charge in [-0.15, -0.1) is 0 Å². The highest BCUT2D eigenvalue weighted by atomic mass is 31.2. The van der Waals surface area contributed by atoms with Gasteiger partial charge in [-0.3, -0.25) is 4.57 Å². The molecule has 1 rings (SSSR count). The van der Waals surface area contributed by atoms with Gasteiger partial charge in [-0.2, -0.15) is 0 Å². The minimum Gasteiger partial charge on any atom is -0.385 e. The highest BCUT2D eigenvalue weighted by Gasteiger charge is 2.11. The minimum atomic E-state index is -3.87. The number of nitrogens with two attached hydrogens (primary N) is 1. The van der Waals surface area contributed by atoms with Crippen LogP contribution in [0.5, 0.6) is 0 Å². The van der Waals surface area contributed by atoms with Crippen LogP contribution in [0.15, 0.2) is 24.3 Å². The van der Waals surface area contributed by atoms with Crippen molar-refractivity contribution < 1.29 is 14.4 Å². The van der Waals surface area contributed by atoms with E-state index in [4.69, 9.17) is 15.5 Å². The van der Waals surface area contributed by atoms with Gasteiger partial charge < -0.3 is 20.8 Å². The van der Waals surface area contributed by atoms with E-state index in [0.717, 1.165) is 17.7 Å². The van der Waals surface area contributed by atoms with Crippen molar-refractivity contribution in [2.45, 2.75) is 12.8 Å². The highest BCUT2D eigenvalue weighted by molar-refractivity contribution is 7.51. The molecule has 0 saturated heterocycles. The molecule has 0 amide bonds. The molecule has 0 aliphatic heterocycles. The first-order chi connectivity index (χ1) is 8.03. The van der Waals surface area contributed by atoms with E-state index in [9.17, 15) is 4.57 Å². The first-order valence-electron chi connectivity index (χ1n) is 5.59.